The summed E-state index contributed by atoms with van der Waals surface area (Å²) in [6, 6.07) is 13.3. The number of nitrogens with one attached hydrogen (secondary N) is 2. The predicted octanol–water partition coefficient (Wildman–Crippen LogP) is 4.91. The molecule has 4 rings (SSSR count). The normalized spacial score (nSPS) is 11.1. The first-order valence-corrected chi connectivity index (χ1v) is 12.4. The van der Waals surface area contributed by atoms with E-state index in [0.29, 0.717) is 21.5 Å². The van der Waals surface area contributed by atoms with Gasteiger partial charge in [0.25, 0.3) is 11.5 Å². The van der Waals surface area contributed by atoms with Crippen LogP contribution in [0, 0.1) is 13.8 Å². The van der Waals surface area contributed by atoms with Gasteiger partial charge in [0.2, 0.25) is 5.91 Å². The number of hydrogen-bond acceptors (Lipinski definition) is 5. The zero-order valence-corrected chi connectivity index (χ0v) is 21.0. The highest BCUT2D eigenvalue weighted by Gasteiger charge is 2.15. The Bertz CT molecular complexity index is 1450. The molecule has 180 valence electrons. The number of aromatic nitrogens is 2. The molecule has 2 aromatic carbocycles. The van der Waals surface area contributed by atoms with E-state index in [-0.39, 0.29) is 36.4 Å². The van der Waals surface area contributed by atoms with E-state index in [0.717, 1.165) is 22.3 Å². The molecule has 35 heavy (non-hydrogen) atoms. The van der Waals surface area contributed by atoms with Crippen molar-refractivity contribution in [1.82, 2.24) is 14.9 Å². The predicted molar refractivity (Wildman–Crippen MR) is 141 cm³/mol. The summed E-state index contributed by atoms with van der Waals surface area (Å²) in [5, 5.41) is 8.22. The van der Waals surface area contributed by atoms with Crippen LogP contribution in [-0.2, 0) is 11.3 Å². The molecule has 0 aliphatic carbocycles. The van der Waals surface area contributed by atoms with E-state index in [1.807, 2.05) is 57.3 Å². The molecule has 7 nitrogen and oxygen atoms in total. The van der Waals surface area contributed by atoms with Crippen molar-refractivity contribution in [2.75, 3.05) is 5.32 Å². The van der Waals surface area contributed by atoms with Crippen molar-refractivity contribution in [1.29, 1.82) is 0 Å². The molecule has 0 saturated carbocycles. The lowest BCUT2D eigenvalue weighted by molar-refractivity contribution is -0.116. The summed E-state index contributed by atoms with van der Waals surface area (Å²) in [5.41, 5.74) is 4.69. The summed E-state index contributed by atoms with van der Waals surface area (Å²) in [5.74, 6) is -0.431. The molecule has 0 aliphatic rings. The summed E-state index contributed by atoms with van der Waals surface area (Å²) in [6.45, 7) is 7.86. The van der Waals surface area contributed by atoms with Crippen molar-refractivity contribution >= 4 is 39.1 Å². The summed E-state index contributed by atoms with van der Waals surface area (Å²) in [6.07, 6.45) is 1.59. The first-order valence-electron chi connectivity index (χ1n) is 11.5. The fourth-order valence-electron chi connectivity index (χ4n) is 3.80. The number of benzene rings is 2. The van der Waals surface area contributed by atoms with Crippen LogP contribution >= 0.6 is 11.3 Å². The van der Waals surface area contributed by atoms with Gasteiger partial charge in [-0.1, -0.05) is 35.9 Å². The number of amides is 2. The third kappa shape index (κ3) is 5.49. The Morgan fingerprint density at radius 2 is 1.83 bits per heavy atom. The van der Waals surface area contributed by atoms with E-state index in [2.05, 4.69) is 15.6 Å². The maximum absolute atomic E-state index is 13.2. The quantitative estimate of drug-likeness (QED) is 0.387. The minimum absolute atomic E-state index is 0.0131. The van der Waals surface area contributed by atoms with Crippen LogP contribution < -0.4 is 16.2 Å². The van der Waals surface area contributed by atoms with Crippen molar-refractivity contribution in [3.63, 3.8) is 0 Å². The maximum Gasteiger partial charge on any atom is 0.262 e. The Hall–Kier alpha value is -3.78. The first-order chi connectivity index (χ1) is 16.7. The standard InChI is InChI=1S/C27H28N4O3S/c1-16(2)29-25(33)21-13-20(10-7-18(21)4)30-23(32)11-12-31-15-28-26-24(27(31)34)22(14-35-26)19-8-5-17(3)6-9-19/h5-10,13-16H,11-12H2,1-4H3,(H,29,33)(H,30,32). The minimum Gasteiger partial charge on any atom is -0.350 e. The van der Waals surface area contributed by atoms with E-state index in [1.165, 1.54) is 22.2 Å². The number of rotatable bonds is 7. The number of carbonyl (C=O) groups excluding carboxylic acids is 2. The highest BCUT2D eigenvalue weighted by Crippen LogP contribution is 2.30. The number of anilines is 1. The van der Waals surface area contributed by atoms with Crippen LogP contribution in [0.2, 0.25) is 0 Å². The second-order valence-corrected chi connectivity index (χ2v) is 9.75. The van der Waals surface area contributed by atoms with Gasteiger partial charge in [0.05, 0.1) is 11.7 Å². The molecule has 0 radical (unpaired) electrons. The fraction of sp³-hybridized carbons (Fsp3) is 0.259. The van der Waals surface area contributed by atoms with Crippen LogP contribution in [0.4, 0.5) is 5.69 Å². The van der Waals surface area contributed by atoms with E-state index in [4.69, 9.17) is 0 Å². The molecule has 8 heteroatoms. The lowest BCUT2D eigenvalue weighted by Crippen LogP contribution is -2.30. The number of aryl methyl sites for hydroxylation is 3. The van der Waals surface area contributed by atoms with Gasteiger partial charge < -0.3 is 10.6 Å². The maximum atomic E-state index is 13.2. The number of carbonyl (C=O) groups is 2. The molecule has 0 unspecified atom stereocenters. The molecule has 0 aliphatic heterocycles. The van der Waals surface area contributed by atoms with Gasteiger partial charge in [-0.15, -0.1) is 11.3 Å². The fourth-order valence-corrected chi connectivity index (χ4v) is 4.71. The lowest BCUT2D eigenvalue weighted by Gasteiger charge is -2.13. The number of thiophene rings is 1. The Morgan fingerprint density at radius 3 is 2.54 bits per heavy atom. The van der Waals surface area contributed by atoms with Gasteiger partial charge >= 0.3 is 0 Å². The molecular formula is C27H28N4O3S. The summed E-state index contributed by atoms with van der Waals surface area (Å²) in [4.78, 5) is 43.4. The first kappa shape index (κ1) is 24.3. The van der Waals surface area contributed by atoms with Crippen molar-refractivity contribution in [2.45, 2.75) is 46.7 Å². The molecule has 0 atom stereocenters. The zero-order chi connectivity index (χ0) is 25.1. The van der Waals surface area contributed by atoms with Gasteiger partial charge in [-0.2, -0.15) is 0 Å². The van der Waals surface area contributed by atoms with E-state index < -0.39 is 0 Å². The summed E-state index contributed by atoms with van der Waals surface area (Å²) < 4.78 is 1.48. The van der Waals surface area contributed by atoms with Crippen LogP contribution in [0.25, 0.3) is 21.3 Å². The molecule has 0 spiro atoms. The third-order valence-corrected chi connectivity index (χ3v) is 6.58. The molecule has 2 amide bonds. The Morgan fingerprint density at radius 1 is 1.09 bits per heavy atom. The van der Waals surface area contributed by atoms with Crippen molar-refractivity contribution in [3.8, 4) is 11.1 Å². The van der Waals surface area contributed by atoms with E-state index in [9.17, 15) is 14.4 Å². The highest BCUT2D eigenvalue weighted by molar-refractivity contribution is 7.17. The van der Waals surface area contributed by atoms with Crippen molar-refractivity contribution < 1.29 is 9.59 Å². The third-order valence-electron chi connectivity index (χ3n) is 5.69. The molecule has 4 aromatic rings. The molecule has 0 saturated heterocycles. The second kappa shape index (κ2) is 10.2. The Kier molecular flexibility index (Phi) is 7.12. The zero-order valence-electron chi connectivity index (χ0n) is 20.2. The van der Waals surface area contributed by atoms with E-state index in [1.54, 1.807) is 18.2 Å². The van der Waals surface area contributed by atoms with Crippen molar-refractivity contribution in [2.24, 2.45) is 0 Å². The number of nitrogens with zero attached hydrogens (tertiary/aromatic N) is 2. The van der Waals surface area contributed by atoms with Gasteiger partial charge in [-0.25, -0.2) is 4.98 Å². The van der Waals surface area contributed by atoms with E-state index >= 15 is 0 Å². The average Bonchev–Trinajstić information content (AvgIpc) is 3.25. The summed E-state index contributed by atoms with van der Waals surface area (Å²) in [7, 11) is 0. The molecule has 2 aromatic heterocycles. The highest BCUT2D eigenvalue weighted by atomic mass is 32.1. The average molecular weight is 489 g/mol. The van der Waals surface area contributed by atoms with Gasteiger partial charge in [0.15, 0.2) is 0 Å². The van der Waals surface area contributed by atoms with Crippen LogP contribution in [0.3, 0.4) is 0 Å². The second-order valence-electron chi connectivity index (χ2n) is 8.89. The smallest absolute Gasteiger partial charge is 0.262 e. The van der Waals surface area contributed by atoms with Crippen LogP contribution in [0.5, 0.6) is 0 Å². The van der Waals surface area contributed by atoms with Crippen molar-refractivity contribution in [3.05, 3.63) is 81.2 Å². The largest absolute Gasteiger partial charge is 0.350 e. The van der Waals surface area contributed by atoms with Crippen LogP contribution in [0.1, 0.15) is 41.8 Å². The minimum atomic E-state index is -0.250. The van der Waals surface area contributed by atoms with Gasteiger partial charge in [-0.3, -0.25) is 19.0 Å². The number of hydrogen-bond donors (Lipinski definition) is 2. The Balaban J connectivity index is 1.49. The van der Waals surface area contributed by atoms with Crippen LogP contribution in [0.15, 0.2) is 59.0 Å². The number of fused-ring (bicyclic) bond motifs is 1. The van der Waals surface area contributed by atoms with Crippen LogP contribution in [-0.4, -0.2) is 27.4 Å². The molecule has 2 heterocycles. The van der Waals surface area contributed by atoms with Gasteiger partial charge in [0.1, 0.15) is 4.83 Å². The molecule has 0 bridgehead atoms. The Labute approximate surface area is 207 Å². The topological polar surface area (TPSA) is 93.1 Å². The molecular weight excluding hydrogens is 460 g/mol. The monoisotopic (exact) mass is 488 g/mol. The lowest BCUT2D eigenvalue weighted by atomic mass is 10.1. The molecule has 0 fully saturated rings. The SMILES string of the molecule is Cc1ccc(-c2csc3ncn(CCC(=O)Nc4ccc(C)c(C(=O)NC(C)C)c4)c(=O)c23)cc1. The summed E-state index contributed by atoms with van der Waals surface area (Å²) >= 11 is 1.43. The van der Waals surface area contributed by atoms with Gasteiger partial charge in [-0.05, 0) is 51.0 Å². The van der Waals surface area contributed by atoms with Gasteiger partial charge in [0, 0.05) is 41.2 Å². The molecule has 2 N–H and O–H groups in total.